The zero-order chi connectivity index (χ0) is 14.2. The number of hydrogen-bond donors (Lipinski definition) is 0. The molecule has 0 fully saturated rings. The molecule has 0 saturated heterocycles. The lowest BCUT2D eigenvalue weighted by Crippen LogP contribution is -2.08. The zero-order valence-electron chi connectivity index (χ0n) is 11.5. The third-order valence-electron chi connectivity index (χ3n) is 2.86. The van der Waals surface area contributed by atoms with Crippen molar-refractivity contribution in [2.24, 2.45) is 0 Å². The highest BCUT2D eigenvalue weighted by molar-refractivity contribution is 5.89. The summed E-state index contributed by atoms with van der Waals surface area (Å²) in [7, 11) is 0. The number of carbonyl (C=O) groups is 1. The van der Waals surface area contributed by atoms with Gasteiger partial charge in [-0.3, -0.25) is 0 Å². The third kappa shape index (κ3) is 4.12. The van der Waals surface area contributed by atoms with Gasteiger partial charge in [0, 0.05) is 0 Å². The maximum absolute atomic E-state index is 11.9. The van der Waals surface area contributed by atoms with E-state index in [-0.39, 0.29) is 5.97 Å². The SMILES string of the molecule is CCC/C(=C/c1ccco1)COC(=O)c1ccccc1. The van der Waals surface area contributed by atoms with E-state index >= 15 is 0 Å². The molecule has 3 nitrogen and oxygen atoms in total. The Kier molecular flexibility index (Phi) is 5.18. The van der Waals surface area contributed by atoms with Gasteiger partial charge in [0.05, 0.1) is 11.8 Å². The molecule has 2 rings (SSSR count). The molecule has 0 radical (unpaired) electrons. The van der Waals surface area contributed by atoms with Gasteiger partial charge in [-0.1, -0.05) is 31.5 Å². The van der Waals surface area contributed by atoms with Crippen LogP contribution < -0.4 is 0 Å². The predicted molar refractivity (Wildman–Crippen MR) is 78.3 cm³/mol. The first kappa shape index (κ1) is 14.1. The maximum atomic E-state index is 11.9. The van der Waals surface area contributed by atoms with Crippen LogP contribution in [0.1, 0.15) is 35.9 Å². The Bertz CT molecular complexity index is 553. The van der Waals surface area contributed by atoms with Crippen LogP contribution in [0, 0.1) is 0 Å². The molecule has 3 heteroatoms. The van der Waals surface area contributed by atoms with Gasteiger partial charge in [0.25, 0.3) is 0 Å². The Labute approximate surface area is 118 Å². The van der Waals surface area contributed by atoms with Gasteiger partial charge in [0.15, 0.2) is 0 Å². The second-order valence-electron chi connectivity index (χ2n) is 4.51. The Hall–Kier alpha value is -2.29. The van der Waals surface area contributed by atoms with E-state index in [4.69, 9.17) is 9.15 Å². The van der Waals surface area contributed by atoms with E-state index in [0.717, 1.165) is 24.2 Å². The molecule has 0 aliphatic carbocycles. The van der Waals surface area contributed by atoms with Crippen LogP contribution in [0.5, 0.6) is 0 Å². The standard InChI is InChI=1S/C17H18O3/c1-2-7-14(12-16-10-6-11-19-16)13-20-17(18)15-8-4-3-5-9-15/h3-6,8-12H,2,7,13H2,1H3/b14-12-. The number of benzene rings is 1. The lowest BCUT2D eigenvalue weighted by atomic mass is 10.1. The first-order valence-corrected chi connectivity index (χ1v) is 6.74. The first-order valence-electron chi connectivity index (χ1n) is 6.74. The number of ether oxygens (including phenoxy) is 1. The second kappa shape index (κ2) is 7.34. The maximum Gasteiger partial charge on any atom is 0.338 e. The summed E-state index contributed by atoms with van der Waals surface area (Å²) in [6.07, 6.45) is 5.44. The fraction of sp³-hybridized carbons (Fsp3) is 0.235. The number of rotatable bonds is 6. The Morgan fingerprint density at radius 1 is 1.20 bits per heavy atom. The minimum atomic E-state index is -0.299. The normalized spacial score (nSPS) is 11.3. The van der Waals surface area contributed by atoms with E-state index in [9.17, 15) is 4.79 Å². The molecule has 0 amide bonds. The predicted octanol–water partition coefficient (Wildman–Crippen LogP) is 4.32. The smallest absolute Gasteiger partial charge is 0.338 e. The topological polar surface area (TPSA) is 39.4 Å². The van der Waals surface area contributed by atoms with Crippen molar-refractivity contribution in [3.05, 3.63) is 65.6 Å². The largest absolute Gasteiger partial charge is 0.465 e. The van der Waals surface area contributed by atoms with E-state index < -0.39 is 0 Å². The van der Waals surface area contributed by atoms with Crippen molar-refractivity contribution >= 4 is 12.0 Å². The molecule has 2 aromatic rings. The fourth-order valence-electron chi connectivity index (χ4n) is 1.90. The summed E-state index contributed by atoms with van der Waals surface area (Å²) in [4.78, 5) is 11.9. The van der Waals surface area contributed by atoms with E-state index in [1.54, 1.807) is 18.4 Å². The van der Waals surface area contributed by atoms with Crippen LogP contribution in [0.25, 0.3) is 6.08 Å². The average molecular weight is 270 g/mol. The summed E-state index contributed by atoms with van der Waals surface area (Å²) in [5.41, 5.74) is 1.62. The molecule has 0 unspecified atom stereocenters. The average Bonchev–Trinajstić information content (AvgIpc) is 2.98. The van der Waals surface area contributed by atoms with E-state index in [2.05, 4.69) is 6.92 Å². The monoisotopic (exact) mass is 270 g/mol. The molecular weight excluding hydrogens is 252 g/mol. The molecule has 0 bridgehead atoms. The first-order chi connectivity index (χ1) is 9.79. The van der Waals surface area contributed by atoms with E-state index in [1.165, 1.54) is 0 Å². The van der Waals surface area contributed by atoms with Crippen LogP contribution in [-0.4, -0.2) is 12.6 Å². The van der Waals surface area contributed by atoms with Gasteiger partial charge in [-0.05, 0) is 42.3 Å². The summed E-state index contributed by atoms with van der Waals surface area (Å²) in [5, 5.41) is 0. The highest BCUT2D eigenvalue weighted by Crippen LogP contribution is 2.13. The van der Waals surface area contributed by atoms with Gasteiger partial charge >= 0.3 is 5.97 Å². The molecule has 0 saturated carbocycles. The van der Waals surface area contributed by atoms with Crippen molar-refractivity contribution in [2.75, 3.05) is 6.61 Å². The minimum absolute atomic E-state index is 0.294. The molecule has 0 aliphatic rings. The molecular formula is C17H18O3. The van der Waals surface area contributed by atoms with Crippen molar-refractivity contribution < 1.29 is 13.9 Å². The van der Waals surface area contributed by atoms with Gasteiger partial charge in [-0.25, -0.2) is 4.79 Å². The van der Waals surface area contributed by atoms with Crippen molar-refractivity contribution in [3.63, 3.8) is 0 Å². The van der Waals surface area contributed by atoms with Gasteiger partial charge in [-0.15, -0.1) is 0 Å². The van der Waals surface area contributed by atoms with Gasteiger partial charge in [0.1, 0.15) is 12.4 Å². The second-order valence-corrected chi connectivity index (χ2v) is 4.51. The van der Waals surface area contributed by atoms with Crippen LogP contribution >= 0.6 is 0 Å². The van der Waals surface area contributed by atoms with Crippen LogP contribution in [0.15, 0.2) is 58.7 Å². The molecule has 0 spiro atoms. The fourth-order valence-corrected chi connectivity index (χ4v) is 1.90. The van der Waals surface area contributed by atoms with Crippen molar-refractivity contribution in [3.8, 4) is 0 Å². The number of esters is 1. The van der Waals surface area contributed by atoms with E-state index in [1.807, 2.05) is 36.4 Å². The van der Waals surface area contributed by atoms with E-state index in [0.29, 0.717) is 12.2 Å². The summed E-state index contributed by atoms with van der Waals surface area (Å²) in [6.45, 7) is 2.39. The molecule has 0 N–H and O–H groups in total. The molecule has 0 atom stereocenters. The van der Waals surface area contributed by atoms with Gasteiger partial charge in [0.2, 0.25) is 0 Å². The highest BCUT2D eigenvalue weighted by atomic mass is 16.5. The lowest BCUT2D eigenvalue weighted by Gasteiger charge is -2.08. The highest BCUT2D eigenvalue weighted by Gasteiger charge is 2.07. The quantitative estimate of drug-likeness (QED) is 0.734. The van der Waals surface area contributed by atoms with Gasteiger partial charge in [-0.2, -0.15) is 0 Å². The number of hydrogen-bond acceptors (Lipinski definition) is 3. The van der Waals surface area contributed by atoms with Crippen molar-refractivity contribution in [2.45, 2.75) is 19.8 Å². The van der Waals surface area contributed by atoms with Crippen molar-refractivity contribution in [1.29, 1.82) is 0 Å². The third-order valence-corrected chi connectivity index (χ3v) is 2.86. The van der Waals surface area contributed by atoms with Crippen molar-refractivity contribution in [1.82, 2.24) is 0 Å². The molecule has 1 heterocycles. The van der Waals surface area contributed by atoms with Crippen LogP contribution in [0.2, 0.25) is 0 Å². The Balaban J connectivity index is 1.97. The number of furan rings is 1. The molecule has 1 aromatic heterocycles. The van der Waals surface area contributed by atoms with Crippen LogP contribution in [0.3, 0.4) is 0 Å². The molecule has 0 aliphatic heterocycles. The zero-order valence-corrected chi connectivity index (χ0v) is 11.5. The summed E-state index contributed by atoms with van der Waals surface area (Å²) >= 11 is 0. The Morgan fingerprint density at radius 3 is 2.65 bits per heavy atom. The Morgan fingerprint density at radius 2 is 2.00 bits per heavy atom. The van der Waals surface area contributed by atoms with Gasteiger partial charge < -0.3 is 9.15 Å². The minimum Gasteiger partial charge on any atom is -0.465 e. The van der Waals surface area contributed by atoms with Crippen LogP contribution in [-0.2, 0) is 4.74 Å². The molecule has 1 aromatic carbocycles. The van der Waals surface area contributed by atoms with Crippen LogP contribution in [0.4, 0.5) is 0 Å². The summed E-state index contributed by atoms with van der Waals surface area (Å²) in [6, 6.07) is 12.7. The summed E-state index contributed by atoms with van der Waals surface area (Å²) < 4.78 is 10.6. The lowest BCUT2D eigenvalue weighted by molar-refractivity contribution is 0.0538. The number of carbonyl (C=O) groups excluding carboxylic acids is 1. The molecule has 104 valence electrons. The molecule has 20 heavy (non-hydrogen) atoms. The summed E-state index contributed by atoms with van der Waals surface area (Å²) in [5.74, 6) is 0.483.